The minimum absolute atomic E-state index is 0.0724. The first kappa shape index (κ1) is 18.5. The summed E-state index contributed by atoms with van der Waals surface area (Å²) in [6, 6.07) is 6.96. The Morgan fingerprint density at radius 2 is 1.93 bits per heavy atom. The Morgan fingerprint density at radius 1 is 1.14 bits per heavy atom. The molecular formula is C20H20FN5OS. The Labute approximate surface area is 162 Å². The van der Waals surface area contributed by atoms with Crippen LogP contribution >= 0.6 is 0 Å². The summed E-state index contributed by atoms with van der Waals surface area (Å²) in [7, 11) is -2.41. The van der Waals surface area contributed by atoms with Crippen molar-refractivity contribution in [3.05, 3.63) is 48.3 Å². The SMILES string of the molecule is CC(C)c1nc(N=S(C)(C)=O)c2cc3[nH]ncc3cc2c1-c1ccc(F)nc1. The molecule has 144 valence electrons. The second kappa shape index (κ2) is 6.63. The topological polar surface area (TPSA) is 83.9 Å². The van der Waals surface area contributed by atoms with Crippen molar-refractivity contribution in [2.45, 2.75) is 19.8 Å². The number of benzene rings is 1. The van der Waals surface area contributed by atoms with Gasteiger partial charge in [0.05, 0.1) is 17.4 Å². The number of nitrogens with zero attached hydrogens (tertiary/aromatic N) is 4. The van der Waals surface area contributed by atoms with Crippen molar-refractivity contribution in [1.82, 2.24) is 20.2 Å². The molecular weight excluding hydrogens is 377 g/mol. The van der Waals surface area contributed by atoms with Crippen LogP contribution in [0.3, 0.4) is 0 Å². The van der Waals surface area contributed by atoms with E-state index in [2.05, 4.69) is 19.5 Å². The number of halogens is 1. The summed E-state index contributed by atoms with van der Waals surface area (Å²) in [5.41, 5.74) is 3.28. The zero-order valence-corrected chi connectivity index (χ0v) is 16.8. The highest BCUT2D eigenvalue weighted by atomic mass is 32.2. The van der Waals surface area contributed by atoms with Gasteiger partial charge in [0.2, 0.25) is 5.95 Å². The zero-order valence-electron chi connectivity index (χ0n) is 16.0. The number of hydrogen-bond donors (Lipinski definition) is 1. The first-order valence-corrected chi connectivity index (χ1v) is 11.2. The van der Waals surface area contributed by atoms with Gasteiger partial charge < -0.3 is 0 Å². The van der Waals surface area contributed by atoms with Crippen molar-refractivity contribution in [2.24, 2.45) is 4.36 Å². The highest BCUT2D eigenvalue weighted by Gasteiger charge is 2.19. The van der Waals surface area contributed by atoms with Crippen LogP contribution in [0.1, 0.15) is 25.5 Å². The minimum Gasteiger partial charge on any atom is -0.278 e. The van der Waals surface area contributed by atoms with E-state index in [0.717, 1.165) is 38.5 Å². The number of nitrogens with one attached hydrogen (secondary N) is 1. The van der Waals surface area contributed by atoms with Crippen LogP contribution in [0.25, 0.3) is 32.8 Å². The standard InChI is InChI=1S/C20H20FN5OS/c1-11(2)19-18(12-5-6-17(21)22-9-12)14-7-13-10-23-25-16(13)8-15(14)20(24-19)26-28(3,4)27/h5-11H,1-4H3,(H,23,25). The van der Waals surface area contributed by atoms with Crippen molar-refractivity contribution >= 4 is 37.2 Å². The Kier molecular flexibility index (Phi) is 4.38. The molecule has 4 rings (SSSR count). The lowest BCUT2D eigenvalue weighted by Crippen LogP contribution is -2.01. The monoisotopic (exact) mass is 397 g/mol. The predicted molar refractivity (Wildman–Crippen MR) is 111 cm³/mol. The van der Waals surface area contributed by atoms with Crippen molar-refractivity contribution in [1.29, 1.82) is 0 Å². The van der Waals surface area contributed by atoms with E-state index in [1.54, 1.807) is 24.8 Å². The first-order chi connectivity index (χ1) is 13.2. The van der Waals surface area contributed by atoms with E-state index in [4.69, 9.17) is 4.98 Å². The van der Waals surface area contributed by atoms with Crippen LogP contribution < -0.4 is 0 Å². The quantitative estimate of drug-likeness (QED) is 0.504. The molecule has 0 aliphatic rings. The van der Waals surface area contributed by atoms with Crippen LogP contribution in [0, 0.1) is 5.95 Å². The normalized spacial score (nSPS) is 12.2. The maximum Gasteiger partial charge on any atom is 0.212 e. The van der Waals surface area contributed by atoms with Gasteiger partial charge in [-0.05, 0) is 35.6 Å². The maximum atomic E-state index is 13.4. The van der Waals surface area contributed by atoms with Crippen molar-refractivity contribution in [3.63, 3.8) is 0 Å². The van der Waals surface area contributed by atoms with E-state index in [1.807, 2.05) is 26.0 Å². The first-order valence-electron chi connectivity index (χ1n) is 8.83. The number of pyridine rings is 2. The van der Waals surface area contributed by atoms with E-state index < -0.39 is 15.7 Å². The molecule has 0 bridgehead atoms. The van der Waals surface area contributed by atoms with Gasteiger partial charge >= 0.3 is 0 Å². The molecule has 8 heteroatoms. The molecule has 3 heterocycles. The molecule has 0 unspecified atom stereocenters. The summed E-state index contributed by atoms with van der Waals surface area (Å²) in [5.74, 6) is -0.0279. The molecule has 1 aromatic carbocycles. The third kappa shape index (κ3) is 3.35. The molecule has 0 fully saturated rings. The Balaban J connectivity index is 2.20. The molecule has 0 radical (unpaired) electrons. The van der Waals surface area contributed by atoms with Gasteiger partial charge in [-0.25, -0.2) is 14.2 Å². The largest absolute Gasteiger partial charge is 0.278 e. The predicted octanol–water partition coefficient (Wildman–Crippen LogP) is 4.79. The number of aromatic nitrogens is 4. The third-order valence-corrected chi connectivity index (χ3v) is 5.05. The molecule has 6 nitrogen and oxygen atoms in total. The second-order valence-electron chi connectivity index (χ2n) is 7.35. The third-order valence-electron chi connectivity index (χ3n) is 4.44. The second-order valence-corrected chi connectivity index (χ2v) is 9.89. The zero-order chi connectivity index (χ0) is 20.1. The summed E-state index contributed by atoms with van der Waals surface area (Å²) in [4.78, 5) is 8.59. The average Bonchev–Trinajstić information content (AvgIpc) is 3.07. The van der Waals surface area contributed by atoms with Gasteiger partial charge in [0.15, 0.2) is 5.82 Å². The van der Waals surface area contributed by atoms with Crippen molar-refractivity contribution in [2.75, 3.05) is 12.5 Å². The highest BCUT2D eigenvalue weighted by molar-refractivity contribution is 7.92. The highest BCUT2D eigenvalue weighted by Crippen LogP contribution is 2.40. The summed E-state index contributed by atoms with van der Waals surface area (Å²) >= 11 is 0. The van der Waals surface area contributed by atoms with E-state index in [9.17, 15) is 8.60 Å². The number of H-pyrrole nitrogens is 1. The fraction of sp³-hybridized carbons (Fsp3) is 0.250. The van der Waals surface area contributed by atoms with E-state index in [-0.39, 0.29) is 5.92 Å². The molecule has 0 aliphatic carbocycles. The van der Waals surface area contributed by atoms with Crippen LogP contribution in [-0.2, 0) is 9.73 Å². The van der Waals surface area contributed by atoms with Gasteiger partial charge in [0, 0.05) is 50.3 Å². The van der Waals surface area contributed by atoms with Crippen LogP contribution in [0.4, 0.5) is 10.2 Å². The van der Waals surface area contributed by atoms with Gasteiger partial charge in [-0.1, -0.05) is 13.8 Å². The molecule has 0 saturated carbocycles. The number of fused-ring (bicyclic) bond motifs is 2. The number of rotatable bonds is 3. The smallest absolute Gasteiger partial charge is 0.212 e. The van der Waals surface area contributed by atoms with E-state index >= 15 is 0 Å². The fourth-order valence-electron chi connectivity index (χ4n) is 3.27. The molecule has 1 N–H and O–H groups in total. The fourth-order valence-corrected chi connectivity index (χ4v) is 3.83. The van der Waals surface area contributed by atoms with Crippen molar-refractivity contribution < 1.29 is 8.60 Å². The van der Waals surface area contributed by atoms with Crippen molar-refractivity contribution in [3.8, 4) is 11.1 Å². The summed E-state index contributed by atoms with van der Waals surface area (Å²) < 4.78 is 30.2. The van der Waals surface area contributed by atoms with Crippen LogP contribution in [0.5, 0.6) is 0 Å². The number of hydrogen-bond acceptors (Lipinski definition) is 5. The Morgan fingerprint density at radius 3 is 2.57 bits per heavy atom. The molecule has 0 saturated heterocycles. The molecule has 4 aromatic rings. The lowest BCUT2D eigenvalue weighted by molar-refractivity contribution is 0.584. The van der Waals surface area contributed by atoms with Crippen LogP contribution in [-0.4, -0.2) is 36.9 Å². The average molecular weight is 397 g/mol. The van der Waals surface area contributed by atoms with Gasteiger partial charge in [-0.15, -0.1) is 0 Å². The number of aromatic amines is 1. The lowest BCUT2D eigenvalue weighted by atomic mass is 9.92. The van der Waals surface area contributed by atoms with Gasteiger partial charge in [-0.3, -0.25) is 5.10 Å². The minimum atomic E-state index is -2.41. The summed E-state index contributed by atoms with van der Waals surface area (Å²) in [5, 5.41) is 9.65. The van der Waals surface area contributed by atoms with Crippen LogP contribution in [0.15, 0.2) is 41.0 Å². The maximum absolute atomic E-state index is 13.4. The van der Waals surface area contributed by atoms with Gasteiger partial charge in [0.1, 0.15) is 0 Å². The summed E-state index contributed by atoms with van der Waals surface area (Å²) in [6.45, 7) is 4.06. The lowest BCUT2D eigenvalue weighted by Gasteiger charge is -2.17. The molecule has 28 heavy (non-hydrogen) atoms. The van der Waals surface area contributed by atoms with Crippen LogP contribution in [0.2, 0.25) is 0 Å². The van der Waals surface area contributed by atoms with Gasteiger partial charge in [0.25, 0.3) is 0 Å². The molecule has 0 amide bonds. The Hall–Kier alpha value is -2.87. The molecule has 3 aromatic heterocycles. The van der Waals surface area contributed by atoms with E-state index in [0.29, 0.717) is 5.82 Å². The molecule has 0 aliphatic heterocycles. The Bertz CT molecular complexity index is 1310. The van der Waals surface area contributed by atoms with E-state index in [1.165, 1.54) is 12.3 Å². The molecule has 0 atom stereocenters. The summed E-state index contributed by atoms with van der Waals surface area (Å²) in [6.07, 6.45) is 6.43. The molecule has 0 spiro atoms. The van der Waals surface area contributed by atoms with Gasteiger partial charge in [-0.2, -0.15) is 13.9 Å².